The second-order valence-corrected chi connectivity index (χ2v) is 5.07. The summed E-state index contributed by atoms with van der Waals surface area (Å²) >= 11 is 0. The molecule has 19 heavy (non-hydrogen) atoms. The minimum Gasteiger partial charge on any atom is -0.388 e. The van der Waals surface area contributed by atoms with Gasteiger partial charge >= 0.3 is 0 Å². The summed E-state index contributed by atoms with van der Waals surface area (Å²) in [6.07, 6.45) is 23.8. The first-order chi connectivity index (χ1) is 9.43. The van der Waals surface area contributed by atoms with E-state index in [9.17, 15) is 0 Å². The molecule has 3 aliphatic heterocycles. The topological polar surface area (TPSA) is 15.3 Å². The van der Waals surface area contributed by atoms with Crippen LogP contribution in [0.4, 0.5) is 0 Å². The molecule has 1 unspecified atom stereocenters. The van der Waals surface area contributed by atoms with Gasteiger partial charge in [-0.2, -0.15) is 0 Å². The van der Waals surface area contributed by atoms with Gasteiger partial charge in [-0.1, -0.05) is 30.4 Å². The lowest BCUT2D eigenvalue weighted by molar-refractivity contribution is 0.523. The molecule has 1 N–H and O–H groups in total. The van der Waals surface area contributed by atoms with Crippen LogP contribution in [0.1, 0.15) is 12.8 Å². The van der Waals surface area contributed by atoms with E-state index in [1.54, 1.807) is 0 Å². The van der Waals surface area contributed by atoms with E-state index >= 15 is 0 Å². The summed E-state index contributed by atoms with van der Waals surface area (Å²) in [5, 5.41) is 3.37. The molecule has 1 aliphatic carbocycles. The van der Waals surface area contributed by atoms with Crippen molar-refractivity contribution in [1.82, 2.24) is 10.2 Å². The average Bonchev–Trinajstić information content (AvgIpc) is 2.96. The number of hydrogen-bond donors (Lipinski definition) is 1. The Morgan fingerprint density at radius 2 is 2.00 bits per heavy atom. The van der Waals surface area contributed by atoms with Gasteiger partial charge < -0.3 is 10.2 Å². The van der Waals surface area contributed by atoms with Crippen molar-refractivity contribution in [3.63, 3.8) is 0 Å². The fourth-order valence-corrected chi connectivity index (χ4v) is 2.69. The van der Waals surface area contributed by atoms with Crippen molar-refractivity contribution >= 4 is 0 Å². The van der Waals surface area contributed by atoms with Gasteiger partial charge in [-0.05, 0) is 37.1 Å². The summed E-state index contributed by atoms with van der Waals surface area (Å²) in [5.74, 6) is 0.829. The summed E-state index contributed by atoms with van der Waals surface area (Å²) in [6, 6.07) is 0. The first-order valence-corrected chi connectivity index (χ1v) is 7.02. The normalized spacial score (nSPS) is 25.7. The van der Waals surface area contributed by atoms with E-state index in [-0.39, 0.29) is 0 Å². The van der Waals surface area contributed by atoms with Crippen molar-refractivity contribution in [2.45, 2.75) is 12.8 Å². The third-order valence-corrected chi connectivity index (χ3v) is 3.78. The predicted octanol–water partition coefficient (Wildman–Crippen LogP) is 3.27. The van der Waals surface area contributed by atoms with Crippen LogP contribution in [0.2, 0.25) is 0 Å². The number of nitrogens with one attached hydrogen (secondary N) is 1. The smallest absolute Gasteiger partial charge is 0.0409 e. The van der Waals surface area contributed by atoms with Crippen LogP contribution in [0, 0.1) is 5.92 Å². The molecular weight excluding hydrogens is 232 g/mol. The van der Waals surface area contributed by atoms with Crippen LogP contribution < -0.4 is 5.32 Å². The molecule has 98 valence electrons. The molecule has 4 aliphatic rings. The van der Waals surface area contributed by atoms with E-state index in [0.29, 0.717) is 0 Å². The number of hydrogen-bond acceptors (Lipinski definition) is 2. The fraction of sp³-hybridized carbons (Fsp3) is 0.294. The zero-order valence-corrected chi connectivity index (χ0v) is 11.1. The van der Waals surface area contributed by atoms with Gasteiger partial charge in [0, 0.05) is 36.6 Å². The van der Waals surface area contributed by atoms with Crippen molar-refractivity contribution in [2.24, 2.45) is 5.92 Å². The molecule has 0 aromatic carbocycles. The van der Waals surface area contributed by atoms with Crippen LogP contribution in [0.3, 0.4) is 0 Å². The maximum atomic E-state index is 3.37. The van der Waals surface area contributed by atoms with Crippen LogP contribution in [0.25, 0.3) is 0 Å². The van der Waals surface area contributed by atoms with Gasteiger partial charge in [0.15, 0.2) is 0 Å². The Morgan fingerprint density at radius 3 is 2.89 bits per heavy atom. The lowest BCUT2D eigenvalue weighted by atomic mass is 9.97. The Morgan fingerprint density at radius 1 is 1.05 bits per heavy atom. The standard InChI is InChI=1S/C9H9N.C8H11N/c1-3-7-10-8-4-2-6-9(10)5-1;1-2-4-8-7(3-1)5-6-9-8/h1-7H,8H2;1-2,4,7,9H,3,5-6H2. The first kappa shape index (κ1) is 12.1. The van der Waals surface area contributed by atoms with Gasteiger partial charge in [0.05, 0.1) is 0 Å². The van der Waals surface area contributed by atoms with Gasteiger partial charge in [-0.15, -0.1) is 0 Å². The lowest BCUT2D eigenvalue weighted by Gasteiger charge is -2.23. The molecule has 1 fully saturated rings. The highest BCUT2D eigenvalue weighted by Crippen LogP contribution is 2.25. The largest absolute Gasteiger partial charge is 0.388 e. The Labute approximate surface area is 115 Å². The molecule has 3 heterocycles. The molecule has 1 atom stereocenters. The molecule has 0 bridgehead atoms. The van der Waals surface area contributed by atoms with Crippen LogP contribution >= 0.6 is 0 Å². The Kier molecular flexibility index (Phi) is 3.68. The fourth-order valence-electron chi connectivity index (χ4n) is 2.69. The average molecular weight is 252 g/mol. The molecule has 0 saturated carbocycles. The highest BCUT2D eigenvalue weighted by Gasteiger charge is 2.19. The van der Waals surface area contributed by atoms with Gasteiger partial charge in [0.25, 0.3) is 0 Å². The maximum Gasteiger partial charge on any atom is 0.0409 e. The van der Waals surface area contributed by atoms with E-state index in [2.05, 4.69) is 71.1 Å². The monoisotopic (exact) mass is 252 g/mol. The Hall–Kier alpha value is -1.96. The molecule has 0 aromatic heterocycles. The summed E-state index contributed by atoms with van der Waals surface area (Å²) in [4.78, 5) is 2.21. The second-order valence-electron chi connectivity index (χ2n) is 5.07. The molecule has 0 radical (unpaired) electrons. The van der Waals surface area contributed by atoms with Gasteiger partial charge in [0.1, 0.15) is 0 Å². The van der Waals surface area contributed by atoms with Crippen molar-refractivity contribution in [1.29, 1.82) is 0 Å². The minimum atomic E-state index is 0.829. The van der Waals surface area contributed by atoms with E-state index < -0.39 is 0 Å². The van der Waals surface area contributed by atoms with E-state index in [0.717, 1.165) is 12.5 Å². The van der Waals surface area contributed by atoms with Crippen LogP contribution in [-0.2, 0) is 0 Å². The Bertz CT molecular complexity index is 503. The van der Waals surface area contributed by atoms with Crippen molar-refractivity contribution in [3.05, 3.63) is 72.3 Å². The molecule has 4 rings (SSSR count). The quantitative estimate of drug-likeness (QED) is 0.712. The highest BCUT2D eigenvalue weighted by molar-refractivity contribution is 5.33. The molecular formula is C17H20N2. The highest BCUT2D eigenvalue weighted by atomic mass is 15.1. The molecule has 0 spiro atoms. The van der Waals surface area contributed by atoms with Crippen molar-refractivity contribution < 1.29 is 0 Å². The number of nitrogens with zero attached hydrogens (tertiary/aromatic N) is 1. The van der Waals surface area contributed by atoms with E-state index in [1.807, 2.05) is 0 Å². The molecule has 2 heteroatoms. The van der Waals surface area contributed by atoms with Gasteiger partial charge in [-0.3, -0.25) is 0 Å². The number of rotatable bonds is 0. The third-order valence-electron chi connectivity index (χ3n) is 3.78. The summed E-state index contributed by atoms with van der Waals surface area (Å²) < 4.78 is 0. The molecule has 2 nitrogen and oxygen atoms in total. The zero-order valence-electron chi connectivity index (χ0n) is 11.1. The summed E-state index contributed by atoms with van der Waals surface area (Å²) in [5.41, 5.74) is 2.74. The Balaban J connectivity index is 0.000000117. The zero-order chi connectivity index (χ0) is 12.9. The maximum absolute atomic E-state index is 3.37. The molecule has 0 amide bonds. The van der Waals surface area contributed by atoms with Crippen molar-refractivity contribution in [2.75, 3.05) is 13.1 Å². The summed E-state index contributed by atoms with van der Waals surface area (Å²) in [6.45, 7) is 2.19. The van der Waals surface area contributed by atoms with E-state index in [1.165, 1.54) is 30.8 Å². The van der Waals surface area contributed by atoms with Crippen molar-refractivity contribution in [3.8, 4) is 0 Å². The minimum absolute atomic E-state index is 0.829. The molecule has 1 saturated heterocycles. The number of fused-ring (bicyclic) bond motifs is 2. The van der Waals surface area contributed by atoms with Crippen LogP contribution in [-0.4, -0.2) is 18.0 Å². The SMILES string of the molecule is C1=CCC2CCNC2=C1.C1=CCN2C=CC=CC2=C1. The van der Waals surface area contributed by atoms with Gasteiger partial charge in [0.2, 0.25) is 0 Å². The molecule has 0 aromatic rings. The lowest BCUT2D eigenvalue weighted by Crippen LogP contribution is -2.18. The number of allylic oxidation sites excluding steroid dienone is 9. The van der Waals surface area contributed by atoms with Crippen LogP contribution in [0.5, 0.6) is 0 Å². The first-order valence-electron chi connectivity index (χ1n) is 7.02. The van der Waals surface area contributed by atoms with Gasteiger partial charge in [-0.25, -0.2) is 0 Å². The van der Waals surface area contributed by atoms with Crippen LogP contribution in [0.15, 0.2) is 72.3 Å². The third kappa shape index (κ3) is 2.90. The second kappa shape index (κ2) is 5.79. The van der Waals surface area contributed by atoms with E-state index in [4.69, 9.17) is 0 Å². The predicted molar refractivity (Wildman–Crippen MR) is 80.2 cm³/mol. The summed E-state index contributed by atoms with van der Waals surface area (Å²) in [7, 11) is 0.